The molecule has 9 aromatic rings. The number of hydrogen-bond acceptors (Lipinski definition) is 3. The maximum atomic E-state index is 6.53. The highest BCUT2D eigenvalue weighted by atomic mass is 16.3. The maximum Gasteiger partial charge on any atom is 0.143 e. The van der Waals surface area contributed by atoms with E-state index in [1.54, 1.807) is 0 Å². The molecule has 0 radical (unpaired) electrons. The molecule has 0 saturated carbocycles. The van der Waals surface area contributed by atoms with Crippen molar-refractivity contribution in [3.8, 4) is 55.9 Å². The molecular formula is C47H28N2O. The Kier molecular flexibility index (Phi) is 5.59. The van der Waals surface area contributed by atoms with Crippen LogP contribution in [0.1, 0.15) is 22.3 Å². The third-order valence-electron chi connectivity index (χ3n) is 10.8. The van der Waals surface area contributed by atoms with E-state index in [0.29, 0.717) is 0 Å². The van der Waals surface area contributed by atoms with E-state index in [-0.39, 0.29) is 0 Å². The molecule has 1 unspecified atom stereocenters. The van der Waals surface area contributed by atoms with Crippen molar-refractivity contribution in [2.45, 2.75) is 5.41 Å². The number of pyridine rings is 2. The van der Waals surface area contributed by atoms with Crippen LogP contribution in [0.5, 0.6) is 0 Å². The van der Waals surface area contributed by atoms with Gasteiger partial charge < -0.3 is 4.42 Å². The van der Waals surface area contributed by atoms with Crippen LogP contribution in [0.4, 0.5) is 0 Å². The molecule has 2 aliphatic carbocycles. The van der Waals surface area contributed by atoms with Crippen LogP contribution < -0.4 is 0 Å². The molecule has 2 aliphatic rings. The molecule has 3 heterocycles. The molecule has 0 saturated heterocycles. The van der Waals surface area contributed by atoms with Crippen LogP contribution in [-0.4, -0.2) is 9.97 Å². The Hall–Kier alpha value is -6.58. The van der Waals surface area contributed by atoms with Crippen LogP contribution in [0.15, 0.2) is 175 Å². The fourth-order valence-electron chi connectivity index (χ4n) is 8.74. The summed E-state index contributed by atoms with van der Waals surface area (Å²) in [4.78, 5) is 10.1. The third kappa shape index (κ3) is 3.58. The molecule has 1 spiro atoms. The number of nitrogens with zero attached hydrogens (tertiary/aromatic N) is 2. The average molecular weight is 637 g/mol. The fourth-order valence-corrected chi connectivity index (χ4v) is 8.74. The van der Waals surface area contributed by atoms with Crippen molar-refractivity contribution in [2.75, 3.05) is 0 Å². The van der Waals surface area contributed by atoms with E-state index in [1.807, 2.05) is 24.5 Å². The highest BCUT2D eigenvalue weighted by Crippen LogP contribution is 2.62. The normalized spacial score (nSPS) is 15.3. The first-order chi connectivity index (χ1) is 24.8. The summed E-state index contributed by atoms with van der Waals surface area (Å²) in [6.45, 7) is 0. The van der Waals surface area contributed by atoms with Crippen molar-refractivity contribution in [3.63, 3.8) is 0 Å². The summed E-state index contributed by atoms with van der Waals surface area (Å²) in [5, 5.41) is 2.26. The van der Waals surface area contributed by atoms with Crippen LogP contribution >= 0.6 is 0 Å². The molecule has 232 valence electrons. The van der Waals surface area contributed by atoms with E-state index in [9.17, 15) is 0 Å². The molecule has 3 nitrogen and oxygen atoms in total. The van der Waals surface area contributed by atoms with Crippen molar-refractivity contribution >= 4 is 21.9 Å². The minimum Gasteiger partial charge on any atom is -0.455 e. The Morgan fingerprint density at radius 2 is 0.980 bits per heavy atom. The second-order valence-corrected chi connectivity index (χ2v) is 13.3. The Balaban J connectivity index is 1.18. The number of hydrogen-bond donors (Lipinski definition) is 0. The van der Waals surface area contributed by atoms with Gasteiger partial charge in [-0.1, -0.05) is 127 Å². The predicted molar refractivity (Wildman–Crippen MR) is 202 cm³/mol. The zero-order chi connectivity index (χ0) is 32.8. The van der Waals surface area contributed by atoms with Crippen molar-refractivity contribution in [1.82, 2.24) is 9.97 Å². The molecule has 6 aromatic carbocycles. The molecule has 0 bridgehead atoms. The maximum absolute atomic E-state index is 6.53. The van der Waals surface area contributed by atoms with Gasteiger partial charge in [-0.25, -0.2) is 0 Å². The van der Waals surface area contributed by atoms with Crippen molar-refractivity contribution in [1.29, 1.82) is 0 Å². The van der Waals surface area contributed by atoms with Crippen molar-refractivity contribution in [2.24, 2.45) is 0 Å². The number of benzene rings is 6. The van der Waals surface area contributed by atoms with E-state index in [2.05, 4.69) is 146 Å². The predicted octanol–water partition coefficient (Wildman–Crippen LogP) is 11.7. The molecule has 0 fully saturated rings. The monoisotopic (exact) mass is 636 g/mol. The third-order valence-corrected chi connectivity index (χ3v) is 10.8. The molecule has 3 aromatic heterocycles. The van der Waals surface area contributed by atoms with Crippen LogP contribution in [0, 0.1) is 0 Å². The zero-order valence-electron chi connectivity index (χ0n) is 27.0. The molecule has 11 rings (SSSR count). The second-order valence-electron chi connectivity index (χ2n) is 13.3. The van der Waals surface area contributed by atoms with E-state index in [0.717, 1.165) is 61.1 Å². The van der Waals surface area contributed by atoms with Crippen LogP contribution in [0.25, 0.3) is 77.8 Å². The fraction of sp³-hybridized carbons (Fsp3) is 0.0213. The number of aromatic nitrogens is 2. The Labute approximate surface area is 289 Å². The summed E-state index contributed by atoms with van der Waals surface area (Å²) in [6, 6.07) is 56.6. The first-order valence-electron chi connectivity index (χ1n) is 17.1. The molecule has 0 amide bonds. The number of para-hydroxylation sites is 2. The van der Waals surface area contributed by atoms with Gasteiger partial charge in [0.05, 0.1) is 16.8 Å². The smallest absolute Gasteiger partial charge is 0.143 e. The number of rotatable bonds is 3. The lowest BCUT2D eigenvalue weighted by atomic mass is 9.70. The van der Waals surface area contributed by atoms with Gasteiger partial charge >= 0.3 is 0 Å². The largest absolute Gasteiger partial charge is 0.455 e. The van der Waals surface area contributed by atoms with Gasteiger partial charge in [0.2, 0.25) is 0 Å². The van der Waals surface area contributed by atoms with Gasteiger partial charge in [-0.2, -0.15) is 0 Å². The molecule has 1 atom stereocenters. The Morgan fingerprint density at radius 1 is 0.380 bits per heavy atom. The SMILES string of the molecule is c1ccc(-c2ccc3c(c2)C2(c4cc(-c5ccccc5-c5cccc6c5oc5ccccc56)ccc4-c4ncccc42)c2cccnc2-3)cc1. The van der Waals surface area contributed by atoms with E-state index in [4.69, 9.17) is 14.4 Å². The zero-order valence-corrected chi connectivity index (χ0v) is 27.0. The lowest BCUT2D eigenvalue weighted by molar-refractivity contribution is 0.670. The minimum atomic E-state index is -0.563. The van der Waals surface area contributed by atoms with Gasteiger partial charge in [-0.15, -0.1) is 0 Å². The average Bonchev–Trinajstić information content (AvgIpc) is 3.82. The summed E-state index contributed by atoms with van der Waals surface area (Å²) < 4.78 is 6.53. The number of furan rings is 1. The summed E-state index contributed by atoms with van der Waals surface area (Å²) in [7, 11) is 0. The van der Waals surface area contributed by atoms with Crippen molar-refractivity contribution < 1.29 is 4.42 Å². The summed E-state index contributed by atoms with van der Waals surface area (Å²) in [5.41, 5.74) is 17.4. The van der Waals surface area contributed by atoms with Crippen molar-refractivity contribution in [3.05, 3.63) is 192 Å². The van der Waals surface area contributed by atoms with E-state index < -0.39 is 5.41 Å². The highest BCUT2D eigenvalue weighted by molar-refractivity contribution is 6.10. The second kappa shape index (κ2) is 10.2. The summed E-state index contributed by atoms with van der Waals surface area (Å²) >= 11 is 0. The topological polar surface area (TPSA) is 38.9 Å². The lowest BCUT2D eigenvalue weighted by Gasteiger charge is -2.30. The molecule has 3 heteroatoms. The van der Waals surface area contributed by atoms with E-state index >= 15 is 0 Å². The van der Waals surface area contributed by atoms with E-state index in [1.165, 1.54) is 38.9 Å². The quantitative estimate of drug-likeness (QED) is 0.194. The van der Waals surface area contributed by atoms with Crippen LogP contribution in [-0.2, 0) is 5.41 Å². The van der Waals surface area contributed by atoms with Gasteiger partial charge in [-0.05, 0) is 80.4 Å². The highest BCUT2D eigenvalue weighted by Gasteiger charge is 2.53. The van der Waals surface area contributed by atoms with Gasteiger partial charge in [0, 0.05) is 39.9 Å². The Morgan fingerprint density at radius 3 is 1.74 bits per heavy atom. The molecule has 0 N–H and O–H groups in total. The molecular weight excluding hydrogens is 609 g/mol. The molecule has 50 heavy (non-hydrogen) atoms. The first-order valence-corrected chi connectivity index (χ1v) is 17.1. The standard InChI is InChI=1S/C47H28N2O/c1-2-11-29(12-3-1)30-21-23-37-41(27-30)47(39-18-9-25-48-44(37)39)40-19-10-26-49-45(40)38-24-22-31(28-42(38)47)32-13-4-5-14-33(32)35-16-8-17-36-34-15-6-7-20-43(34)50-46(35)36/h1-28H. The molecule has 0 aliphatic heterocycles. The van der Waals surface area contributed by atoms with Gasteiger partial charge in [-0.3, -0.25) is 9.97 Å². The van der Waals surface area contributed by atoms with Gasteiger partial charge in [0.15, 0.2) is 0 Å². The first kappa shape index (κ1) is 27.4. The summed E-state index contributed by atoms with van der Waals surface area (Å²) in [6.07, 6.45) is 3.83. The van der Waals surface area contributed by atoms with Crippen LogP contribution in [0.2, 0.25) is 0 Å². The lowest BCUT2D eigenvalue weighted by Crippen LogP contribution is -2.26. The van der Waals surface area contributed by atoms with Gasteiger partial charge in [0.25, 0.3) is 0 Å². The summed E-state index contributed by atoms with van der Waals surface area (Å²) in [5.74, 6) is 0. The van der Waals surface area contributed by atoms with Crippen LogP contribution in [0.3, 0.4) is 0 Å². The minimum absolute atomic E-state index is 0.563. The Bertz CT molecular complexity index is 2820. The van der Waals surface area contributed by atoms with Gasteiger partial charge in [0.1, 0.15) is 11.2 Å². The number of fused-ring (bicyclic) bond motifs is 13.